The number of hydrogen-bond acceptors (Lipinski definition) is 3. The molecule has 0 amide bonds. The highest BCUT2D eigenvalue weighted by molar-refractivity contribution is 7.78. The molecular weight excluding hydrogens is 212 g/mol. The summed E-state index contributed by atoms with van der Waals surface area (Å²) in [6, 6.07) is 4.91. The number of phenols is 1. The van der Waals surface area contributed by atoms with Crippen LogP contribution < -0.4 is 0 Å². The Bertz CT molecular complexity index is 380. The molecule has 4 heteroatoms. The fourth-order valence-electron chi connectivity index (χ4n) is 1.41. The van der Waals surface area contributed by atoms with Crippen LogP contribution in [0.15, 0.2) is 18.2 Å². The van der Waals surface area contributed by atoms with Crippen molar-refractivity contribution in [3.05, 3.63) is 29.3 Å². The molecular formula is C11H15O3S-. The van der Waals surface area contributed by atoms with Gasteiger partial charge in [-0.05, 0) is 22.6 Å². The van der Waals surface area contributed by atoms with Crippen molar-refractivity contribution in [2.45, 2.75) is 31.9 Å². The Morgan fingerprint density at radius 3 is 2.47 bits per heavy atom. The molecule has 15 heavy (non-hydrogen) atoms. The van der Waals surface area contributed by atoms with Crippen LogP contribution in [0.5, 0.6) is 5.75 Å². The molecule has 0 spiro atoms. The van der Waals surface area contributed by atoms with Crippen LogP contribution in [0.3, 0.4) is 0 Å². The highest BCUT2D eigenvalue weighted by Gasteiger charge is 2.18. The molecule has 0 bridgehead atoms. The summed E-state index contributed by atoms with van der Waals surface area (Å²) in [6.45, 7) is 5.92. The van der Waals surface area contributed by atoms with E-state index in [1.165, 1.54) is 0 Å². The molecule has 84 valence electrons. The van der Waals surface area contributed by atoms with E-state index >= 15 is 0 Å². The predicted molar refractivity (Wildman–Crippen MR) is 59.4 cm³/mol. The maximum absolute atomic E-state index is 10.6. The standard InChI is InChI=1S/C11H16O3S/c1-11(2,3)9-6-8(7-15(13)14)4-5-10(9)12/h4-6,12H,7H2,1-3H3,(H,13,14)/p-1. The average molecular weight is 227 g/mol. The van der Waals surface area contributed by atoms with Gasteiger partial charge in [-0.1, -0.05) is 44.0 Å². The lowest BCUT2D eigenvalue weighted by Gasteiger charge is -2.21. The van der Waals surface area contributed by atoms with Gasteiger partial charge < -0.3 is 9.66 Å². The number of rotatable bonds is 2. The zero-order valence-electron chi connectivity index (χ0n) is 9.11. The van der Waals surface area contributed by atoms with Crippen molar-refractivity contribution >= 4 is 11.1 Å². The molecule has 0 heterocycles. The summed E-state index contributed by atoms with van der Waals surface area (Å²) in [5, 5.41) is 9.65. The van der Waals surface area contributed by atoms with Crippen LogP contribution in [0.4, 0.5) is 0 Å². The van der Waals surface area contributed by atoms with Crippen LogP contribution in [0, 0.1) is 0 Å². The van der Waals surface area contributed by atoms with Crippen LogP contribution in [-0.2, 0) is 22.2 Å². The zero-order valence-corrected chi connectivity index (χ0v) is 9.93. The molecule has 1 aromatic rings. The van der Waals surface area contributed by atoms with Crippen molar-refractivity contribution in [2.24, 2.45) is 0 Å². The first-order valence-corrected chi connectivity index (χ1v) is 5.93. The summed E-state index contributed by atoms with van der Waals surface area (Å²) in [5.74, 6) is 0.200. The Hall–Kier alpha value is -0.870. The molecule has 0 saturated heterocycles. The normalized spacial score (nSPS) is 13.9. The lowest BCUT2D eigenvalue weighted by atomic mass is 9.85. The van der Waals surface area contributed by atoms with E-state index in [1.54, 1.807) is 18.2 Å². The van der Waals surface area contributed by atoms with Crippen molar-refractivity contribution in [3.63, 3.8) is 0 Å². The molecule has 0 aromatic heterocycles. The summed E-state index contributed by atoms with van der Waals surface area (Å²) in [7, 11) is 0. The van der Waals surface area contributed by atoms with Gasteiger partial charge in [0.2, 0.25) is 0 Å². The van der Waals surface area contributed by atoms with Crippen LogP contribution in [0.2, 0.25) is 0 Å². The topological polar surface area (TPSA) is 60.4 Å². The lowest BCUT2D eigenvalue weighted by Crippen LogP contribution is -2.12. The van der Waals surface area contributed by atoms with E-state index in [0.717, 1.165) is 5.56 Å². The quantitative estimate of drug-likeness (QED) is 0.787. The minimum Gasteiger partial charge on any atom is -0.772 e. The minimum atomic E-state index is -2.09. The molecule has 1 unspecified atom stereocenters. The molecule has 0 fully saturated rings. The van der Waals surface area contributed by atoms with Gasteiger partial charge in [-0.2, -0.15) is 0 Å². The van der Waals surface area contributed by atoms with E-state index in [2.05, 4.69) is 0 Å². The number of hydrogen-bond donors (Lipinski definition) is 1. The first kappa shape index (κ1) is 12.2. The van der Waals surface area contributed by atoms with E-state index in [1.807, 2.05) is 20.8 Å². The van der Waals surface area contributed by atoms with Crippen molar-refractivity contribution in [2.75, 3.05) is 0 Å². The van der Waals surface area contributed by atoms with E-state index < -0.39 is 11.1 Å². The van der Waals surface area contributed by atoms with Crippen LogP contribution >= 0.6 is 0 Å². The summed E-state index contributed by atoms with van der Waals surface area (Å²) in [4.78, 5) is 0. The second-order valence-corrected chi connectivity index (χ2v) is 5.45. The van der Waals surface area contributed by atoms with Gasteiger partial charge in [-0.15, -0.1) is 0 Å². The second-order valence-electron chi connectivity index (χ2n) is 4.55. The third kappa shape index (κ3) is 3.32. The summed E-state index contributed by atoms with van der Waals surface area (Å²) in [6.07, 6.45) is 0. The third-order valence-corrected chi connectivity index (χ3v) is 2.72. The average Bonchev–Trinajstić information content (AvgIpc) is 2.05. The smallest absolute Gasteiger partial charge is 0.119 e. The molecule has 0 aliphatic carbocycles. The molecule has 0 radical (unpaired) electrons. The summed E-state index contributed by atoms with van der Waals surface area (Å²) >= 11 is -2.09. The van der Waals surface area contributed by atoms with E-state index in [0.29, 0.717) is 5.56 Å². The maximum Gasteiger partial charge on any atom is 0.119 e. The fraction of sp³-hybridized carbons (Fsp3) is 0.455. The van der Waals surface area contributed by atoms with Gasteiger partial charge in [0.15, 0.2) is 0 Å². The summed E-state index contributed by atoms with van der Waals surface area (Å²) in [5.41, 5.74) is 1.28. The molecule has 1 rings (SSSR count). The van der Waals surface area contributed by atoms with Gasteiger partial charge in [0.1, 0.15) is 5.75 Å². The van der Waals surface area contributed by atoms with Crippen molar-refractivity contribution < 1.29 is 13.9 Å². The fourth-order valence-corrected chi connectivity index (χ4v) is 1.86. The van der Waals surface area contributed by atoms with E-state index in [4.69, 9.17) is 0 Å². The largest absolute Gasteiger partial charge is 0.772 e. The molecule has 1 atom stereocenters. The number of aromatic hydroxyl groups is 1. The van der Waals surface area contributed by atoms with E-state index in [-0.39, 0.29) is 16.9 Å². The maximum atomic E-state index is 10.6. The Morgan fingerprint density at radius 2 is 2.00 bits per heavy atom. The Morgan fingerprint density at radius 1 is 1.40 bits per heavy atom. The number of phenolic OH excluding ortho intramolecular Hbond substituents is 1. The second kappa shape index (κ2) is 4.33. The highest BCUT2D eigenvalue weighted by atomic mass is 32.2. The van der Waals surface area contributed by atoms with Gasteiger partial charge in [0.25, 0.3) is 0 Å². The van der Waals surface area contributed by atoms with Crippen LogP contribution in [-0.4, -0.2) is 13.9 Å². The Labute approximate surface area is 92.4 Å². The van der Waals surface area contributed by atoms with Crippen molar-refractivity contribution in [3.8, 4) is 5.75 Å². The van der Waals surface area contributed by atoms with Gasteiger partial charge in [0.05, 0.1) is 0 Å². The molecule has 0 aliphatic rings. The number of benzene rings is 1. The van der Waals surface area contributed by atoms with E-state index in [9.17, 15) is 13.9 Å². The van der Waals surface area contributed by atoms with Gasteiger partial charge in [0, 0.05) is 5.75 Å². The van der Waals surface area contributed by atoms with Crippen molar-refractivity contribution in [1.82, 2.24) is 0 Å². The zero-order chi connectivity index (χ0) is 11.6. The molecule has 0 aliphatic heterocycles. The third-order valence-electron chi connectivity index (χ3n) is 2.15. The first-order chi connectivity index (χ1) is 6.80. The first-order valence-electron chi connectivity index (χ1n) is 4.69. The lowest BCUT2D eigenvalue weighted by molar-refractivity contribution is 0.446. The molecule has 0 saturated carbocycles. The van der Waals surface area contributed by atoms with Crippen molar-refractivity contribution in [1.29, 1.82) is 0 Å². The van der Waals surface area contributed by atoms with Gasteiger partial charge >= 0.3 is 0 Å². The Balaban J connectivity index is 3.11. The molecule has 1 aromatic carbocycles. The summed E-state index contributed by atoms with van der Waals surface area (Å²) < 4.78 is 21.1. The van der Waals surface area contributed by atoms with Crippen LogP contribution in [0.25, 0.3) is 0 Å². The highest BCUT2D eigenvalue weighted by Crippen LogP contribution is 2.31. The monoisotopic (exact) mass is 227 g/mol. The SMILES string of the molecule is CC(C)(C)c1cc(CS(=O)[O-])ccc1O. The van der Waals surface area contributed by atoms with Gasteiger partial charge in [-0.3, -0.25) is 4.21 Å². The minimum absolute atomic E-state index is 0.0106. The Kier molecular flexibility index (Phi) is 3.52. The van der Waals surface area contributed by atoms with Crippen LogP contribution in [0.1, 0.15) is 31.9 Å². The molecule has 1 N–H and O–H groups in total. The predicted octanol–water partition coefficient (Wildman–Crippen LogP) is 2.07. The molecule has 3 nitrogen and oxygen atoms in total. The van der Waals surface area contributed by atoms with Gasteiger partial charge in [-0.25, -0.2) is 0 Å².